The maximum Gasteiger partial charge on any atom is 0.228 e. The maximum absolute atomic E-state index is 11.6. The van der Waals surface area contributed by atoms with E-state index in [9.17, 15) is 4.79 Å². The van der Waals surface area contributed by atoms with Gasteiger partial charge in [0.05, 0.1) is 11.9 Å². The first-order chi connectivity index (χ1) is 10.1. The first-order valence-corrected chi connectivity index (χ1v) is 7.21. The summed E-state index contributed by atoms with van der Waals surface area (Å²) >= 11 is 0. The van der Waals surface area contributed by atoms with Crippen LogP contribution in [0.15, 0.2) is 42.6 Å². The molecule has 0 aliphatic heterocycles. The van der Waals surface area contributed by atoms with Crippen molar-refractivity contribution in [2.75, 3.05) is 10.6 Å². The third-order valence-corrected chi connectivity index (χ3v) is 3.19. The maximum atomic E-state index is 11.6. The number of hydrogen-bond acceptors (Lipinski definition) is 3. The van der Waals surface area contributed by atoms with Crippen LogP contribution in [0.25, 0.3) is 0 Å². The molecule has 0 aliphatic rings. The zero-order valence-corrected chi connectivity index (χ0v) is 12.7. The Bertz CT molecular complexity index is 588. The number of aryl methyl sites for hydroxylation is 1. The van der Waals surface area contributed by atoms with Crippen molar-refractivity contribution in [3.8, 4) is 0 Å². The minimum absolute atomic E-state index is 0.0293. The lowest BCUT2D eigenvalue weighted by Gasteiger charge is -2.09. The fourth-order valence-corrected chi connectivity index (χ4v) is 1.80. The Morgan fingerprint density at radius 1 is 1.10 bits per heavy atom. The standard InChI is InChI=1S/C17H21N3O/c1-4-13-5-7-14(8-6-13)19-15-9-10-16(18-11-15)20-17(21)12(2)3/h5-12,19H,4H2,1-3H3,(H,18,20,21). The topological polar surface area (TPSA) is 54.0 Å². The van der Waals surface area contributed by atoms with E-state index in [1.165, 1.54) is 5.56 Å². The monoisotopic (exact) mass is 283 g/mol. The molecule has 0 unspecified atom stereocenters. The number of nitrogens with one attached hydrogen (secondary N) is 2. The number of amides is 1. The summed E-state index contributed by atoms with van der Waals surface area (Å²) in [6, 6.07) is 12.0. The first-order valence-electron chi connectivity index (χ1n) is 7.21. The molecule has 4 nitrogen and oxygen atoms in total. The van der Waals surface area contributed by atoms with E-state index in [-0.39, 0.29) is 11.8 Å². The van der Waals surface area contributed by atoms with E-state index in [1.54, 1.807) is 12.3 Å². The molecule has 1 heterocycles. The molecule has 0 atom stereocenters. The Hall–Kier alpha value is -2.36. The van der Waals surface area contributed by atoms with Crippen LogP contribution >= 0.6 is 0 Å². The summed E-state index contributed by atoms with van der Waals surface area (Å²) in [6.45, 7) is 5.84. The summed E-state index contributed by atoms with van der Waals surface area (Å²) in [5.41, 5.74) is 3.22. The van der Waals surface area contributed by atoms with Crippen molar-refractivity contribution in [1.82, 2.24) is 4.98 Å². The smallest absolute Gasteiger partial charge is 0.228 e. The number of pyridine rings is 1. The van der Waals surface area contributed by atoms with E-state index in [0.29, 0.717) is 5.82 Å². The molecule has 1 aromatic carbocycles. The molecule has 2 N–H and O–H groups in total. The van der Waals surface area contributed by atoms with Crippen molar-refractivity contribution in [3.05, 3.63) is 48.2 Å². The van der Waals surface area contributed by atoms with E-state index >= 15 is 0 Å². The Balaban J connectivity index is 2.00. The van der Waals surface area contributed by atoms with Crippen LogP contribution < -0.4 is 10.6 Å². The zero-order valence-electron chi connectivity index (χ0n) is 12.7. The van der Waals surface area contributed by atoms with Gasteiger partial charge in [0.2, 0.25) is 5.91 Å². The second-order valence-electron chi connectivity index (χ2n) is 5.25. The molecule has 21 heavy (non-hydrogen) atoms. The third-order valence-electron chi connectivity index (χ3n) is 3.19. The number of carbonyl (C=O) groups excluding carboxylic acids is 1. The zero-order chi connectivity index (χ0) is 15.2. The lowest BCUT2D eigenvalue weighted by atomic mass is 10.1. The van der Waals surface area contributed by atoms with Crippen LogP contribution in [0.2, 0.25) is 0 Å². The molecule has 1 aromatic heterocycles. The van der Waals surface area contributed by atoms with E-state index < -0.39 is 0 Å². The average molecular weight is 283 g/mol. The van der Waals surface area contributed by atoms with Gasteiger partial charge >= 0.3 is 0 Å². The van der Waals surface area contributed by atoms with Crippen molar-refractivity contribution >= 4 is 23.1 Å². The van der Waals surface area contributed by atoms with Gasteiger partial charge in [-0.05, 0) is 36.2 Å². The number of benzene rings is 1. The van der Waals surface area contributed by atoms with Crippen LogP contribution in [0.4, 0.5) is 17.2 Å². The summed E-state index contributed by atoms with van der Waals surface area (Å²) in [7, 11) is 0. The predicted molar refractivity (Wildman–Crippen MR) is 86.8 cm³/mol. The van der Waals surface area contributed by atoms with Crippen LogP contribution in [-0.2, 0) is 11.2 Å². The van der Waals surface area contributed by atoms with Gasteiger partial charge in [0.25, 0.3) is 0 Å². The molecule has 0 bridgehead atoms. The SMILES string of the molecule is CCc1ccc(Nc2ccc(NC(=O)C(C)C)nc2)cc1. The number of hydrogen-bond donors (Lipinski definition) is 2. The fourth-order valence-electron chi connectivity index (χ4n) is 1.80. The quantitative estimate of drug-likeness (QED) is 0.872. The molecule has 0 radical (unpaired) electrons. The molecule has 110 valence electrons. The number of aromatic nitrogens is 1. The van der Waals surface area contributed by atoms with Gasteiger partial charge in [0, 0.05) is 11.6 Å². The Morgan fingerprint density at radius 3 is 2.29 bits per heavy atom. The molecule has 1 amide bonds. The first kappa shape index (κ1) is 15.0. The van der Waals surface area contributed by atoms with Gasteiger partial charge in [-0.1, -0.05) is 32.9 Å². The van der Waals surface area contributed by atoms with Crippen LogP contribution in [0.5, 0.6) is 0 Å². The second kappa shape index (κ2) is 6.88. The van der Waals surface area contributed by atoms with E-state index in [0.717, 1.165) is 17.8 Å². The van der Waals surface area contributed by atoms with Gasteiger partial charge in [-0.2, -0.15) is 0 Å². The summed E-state index contributed by atoms with van der Waals surface area (Å²) < 4.78 is 0. The third kappa shape index (κ3) is 4.31. The molecular formula is C17H21N3O. The Labute approximate surface area is 125 Å². The van der Waals surface area contributed by atoms with Gasteiger partial charge in [-0.25, -0.2) is 4.98 Å². The molecule has 0 spiro atoms. The summed E-state index contributed by atoms with van der Waals surface area (Å²) in [4.78, 5) is 15.8. The summed E-state index contributed by atoms with van der Waals surface area (Å²) in [6.07, 6.45) is 2.75. The molecular weight excluding hydrogens is 262 g/mol. The largest absolute Gasteiger partial charge is 0.354 e. The molecule has 2 rings (SSSR count). The Kier molecular flexibility index (Phi) is 4.93. The van der Waals surface area contributed by atoms with Crippen LogP contribution in [0.1, 0.15) is 26.3 Å². The lowest BCUT2D eigenvalue weighted by Crippen LogP contribution is -2.18. The fraction of sp³-hybridized carbons (Fsp3) is 0.294. The second-order valence-corrected chi connectivity index (χ2v) is 5.25. The predicted octanol–water partition coefficient (Wildman–Crippen LogP) is 3.98. The van der Waals surface area contributed by atoms with Crippen LogP contribution in [0, 0.1) is 5.92 Å². The van der Waals surface area contributed by atoms with Crippen molar-refractivity contribution in [2.24, 2.45) is 5.92 Å². The van der Waals surface area contributed by atoms with Crippen LogP contribution in [-0.4, -0.2) is 10.9 Å². The minimum Gasteiger partial charge on any atom is -0.354 e. The van der Waals surface area contributed by atoms with Gasteiger partial charge in [-0.15, -0.1) is 0 Å². The van der Waals surface area contributed by atoms with Gasteiger partial charge in [0.15, 0.2) is 0 Å². The van der Waals surface area contributed by atoms with Gasteiger partial charge in [-0.3, -0.25) is 4.79 Å². The summed E-state index contributed by atoms with van der Waals surface area (Å²) in [5.74, 6) is 0.487. The average Bonchev–Trinajstić information content (AvgIpc) is 2.50. The normalized spacial score (nSPS) is 10.5. The highest BCUT2D eigenvalue weighted by atomic mass is 16.1. The summed E-state index contributed by atoms with van der Waals surface area (Å²) in [5, 5.41) is 6.05. The van der Waals surface area contributed by atoms with Crippen molar-refractivity contribution in [3.63, 3.8) is 0 Å². The van der Waals surface area contributed by atoms with Crippen molar-refractivity contribution in [1.29, 1.82) is 0 Å². The van der Waals surface area contributed by atoms with E-state index in [4.69, 9.17) is 0 Å². The molecule has 0 saturated carbocycles. The number of nitrogens with zero attached hydrogens (tertiary/aromatic N) is 1. The highest BCUT2D eigenvalue weighted by molar-refractivity contribution is 5.91. The lowest BCUT2D eigenvalue weighted by molar-refractivity contribution is -0.118. The highest BCUT2D eigenvalue weighted by Gasteiger charge is 2.07. The number of carbonyl (C=O) groups is 1. The molecule has 0 saturated heterocycles. The molecule has 4 heteroatoms. The molecule has 0 fully saturated rings. The minimum atomic E-state index is -0.0540. The molecule has 0 aliphatic carbocycles. The van der Waals surface area contributed by atoms with Crippen molar-refractivity contribution < 1.29 is 4.79 Å². The van der Waals surface area contributed by atoms with Crippen LogP contribution in [0.3, 0.4) is 0 Å². The Morgan fingerprint density at radius 2 is 1.76 bits per heavy atom. The molecule has 2 aromatic rings. The van der Waals surface area contributed by atoms with Crippen molar-refractivity contribution in [2.45, 2.75) is 27.2 Å². The van der Waals surface area contributed by atoms with E-state index in [1.807, 2.05) is 32.0 Å². The van der Waals surface area contributed by atoms with Gasteiger partial charge in [0.1, 0.15) is 5.82 Å². The number of anilines is 3. The highest BCUT2D eigenvalue weighted by Crippen LogP contribution is 2.18. The number of rotatable bonds is 5. The van der Waals surface area contributed by atoms with Gasteiger partial charge < -0.3 is 10.6 Å². The van der Waals surface area contributed by atoms with E-state index in [2.05, 4.69) is 34.7 Å².